The first-order valence-electron chi connectivity index (χ1n) is 4.50. The molecule has 3 nitrogen and oxygen atoms in total. The van der Waals surface area contributed by atoms with E-state index >= 15 is 0 Å². The third kappa shape index (κ3) is 1.28. The molecule has 0 aliphatic rings. The van der Waals surface area contributed by atoms with E-state index in [2.05, 4.69) is 9.97 Å². The number of nitrogens with zero attached hydrogens (tertiary/aromatic N) is 1. The standard InChI is InChI=1S/C10H12FN3/c1-5-7(11)3-4-8-9(5)14-10(13-8)6(2)12/h3-4,6H,12H2,1-2H3,(H,13,14)/t6-/m1/s1. The molecule has 1 aromatic heterocycles. The highest BCUT2D eigenvalue weighted by Gasteiger charge is 2.10. The van der Waals surface area contributed by atoms with E-state index < -0.39 is 0 Å². The van der Waals surface area contributed by atoms with Crippen molar-refractivity contribution in [2.75, 3.05) is 0 Å². The Labute approximate surface area is 81.1 Å². The maximum absolute atomic E-state index is 13.2. The predicted molar refractivity (Wildman–Crippen MR) is 53.4 cm³/mol. The molecule has 3 N–H and O–H groups in total. The summed E-state index contributed by atoms with van der Waals surface area (Å²) in [5, 5.41) is 0. The van der Waals surface area contributed by atoms with Gasteiger partial charge in [-0.05, 0) is 26.0 Å². The molecule has 0 saturated heterocycles. The SMILES string of the molecule is Cc1c(F)ccc2[nH]c([C@@H](C)N)nc12. The molecule has 0 aliphatic heterocycles. The molecule has 0 fully saturated rings. The number of fused-ring (bicyclic) bond motifs is 1. The lowest BCUT2D eigenvalue weighted by Crippen LogP contribution is -2.06. The van der Waals surface area contributed by atoms with Crippen molar-refractivity contribution in [1.82, 2.24) is 9.97 Å². The van der Waals surface area contributed by atoms with Crippen LogP contribution in [0.3, 0.4) is 0 Å². The van der Waals surface area contributed by atoms with Gasteiger partial charge in [0.05, 0.1) is 17.1 Å². The van der Waals surface area contributed by atoms with Gasteiger partial charge >= 0.3 is 0 Å². The zero-order valence-electron chi connectivity index (χ0n) is 8.13. The number of H-pyrrole nitrogens is 1. The zero-order chi connectivity index (χ0) is 10.3. The van der Waals surface area contributed by atoms with Gasteiger partial charge < -0.3 is 10.7 Å². The topological polar surface area (TPSA) is 54.7 Å². The average Bonchev–Trinajstić information content (AvgIpc) is 2.56. The largest absolute Gasteiger partial charge is 0.341 e. The molecule has 74 valence electrons. The summed E-state index contributed by atoms with van der Waals surface area (Å²) in [5.41, 5.74) is 7.73. The molecule has 0 spiro atoms. The normalized spacial score (nSPS) is 13.4. The van der Waals surface area contributed by atoms with Crippen molar-refractivity contribution >= 4 is 11.0 Å². The summed E-state index contributed by atoms with van der Waals surface area (Å²) in [6.45, 7) is 3.55. The van der Waals surface area contributed by atoms with Crippen LogP contribution in [-0.2, 0) is 0 Å². The monoisotopic (exact) mass is 193 g/mol. The summed E-state index contributed by atoms with van der Waals surface area (Å²) >= 11 is 0. The van der Waals surface area contributed by atoms with Crippen LogP contribution < -0.4 is 5.73 Å². The first-order valence-corrected chi connectivity index (χ1v) is 4.50. The van der Waals surface area contributed by atoms with Gasteiger partial charge in [-0.1, -0.05) is 0 Å². The van der Waals surface area contributed by atoms with Gasteiger partial charge in [0.15, 0.2) is 0 Å². The fraction of sp³-hybridized carbons (Fsp3) is 0.300. The van der Waals surface area contributed by atoms with E-state index in [1.54, 1.807) is 13.0 Å². The Morgan fingerprint density at radius 3 is 2.86 bits per heavy atom. The third-order valence-electron chi connectivity index (χ3n) is 2.29. The number of hydrogen-bond donors (Lipinski definition) is 2. The lowest BCUT2D eigenvalue weighted by Gasteiger charge is -1.96. The fourth-order valence-corrected chi connectivity index (χ4v) is 1.42. The molecule has 4 heteroatoms. The van der Waals surface area contributed by atoms with Crippen molar-refractivity contribution < 1.29 is 4.39 Å². The number of benzene rings is 1. The molecule has 1 heterocycles. The molecule has 0 saturated carbocycles. The van der Waals surface area contributed by atoms with E-state index in [0.717, 1.165) is 5.52 Å². The molecule has 1 atom stereocenters. The van der Waals surface area contributed by atoms with Crippen LogP contribution in [0.15, 0.2) is 12.1 Å². The molecule has 1 aromatic carbocycles. The lowest BCUT2D eigenvalue weighted by atomic mass is 10.2. The number of nitrogens with two attached hydrogens (primary N) is 1. The van der Waals surface area contributed by atoms with Gasteiger partial charge in [0.1, 0.15) is 11.6 Å². The number of imidazole rings is 1. The highest BCUT2D eigenvalue weighted by atomic mass is 19.1. The summed E-state index contributed by atoms with van der Waals surface area (Å²) in [4.78, 5) is 7.31. The Bertz CT molecular complexity index is 473. The van der Waals surface area contributed by atoms with Crippen molar-refractivity contribution in [3.63, 3.8) is 0 Å². The minimum absolute atomic E-state index is 0.162. The maximum atomic E-state index is 13.2. The van der Waals surface area contributed by atoms with Crippen molar-refractivity contribution in [3.8, 4) is 0 Å². The molecule has 0 aliphatic carbocycles. The van der Waals surface area contributed by atoms with Gasteiger partial charge in [0.25, 0.3) is 0 Å². The van der Waals surface area contributed by atoms with Crippen LogP contribution in [0.4, 0.5) is 4.39 Å². The van der Waals surface area contributed by atoms with Crippen molar-refractivity contribution in [2.24, 2.45) is 5.73 Å². The van der Waals surface area contributed by atoms with Gasteiger partial charge in [-0.15, -0.1) is 0 Å². The Hall–Kier alpha value is -1.42. The van der Waals surface area contributed by atoms with Gasteiger partial charge in [-0.25, -0.2) is 9.37 Å². The quantitative estimate of drug-likeness (QED) is 0.728. The van der Waals surface area contributed by atoms with Crippen molar-refractivity contribution in [2.45, 2.75) is 19.9 Å². The molecule has 0 radical (unpaired) electrons. The van der Waals surface area contributed by atoms with E-state index in [1.807, 2.05) is 6.92 Å². The Morgan fingerprint density at radius 1 is 1.50 bits per heavy atom. The number of halogens is 1. The summed E-state index contributed by atoms with van der Waals surface area (Å²) in [5.74, 6) is 0.453. The number of aromatic nitrogens is 2. The summed E-state index contributed by atoms with van der Waals surface area (Å²) < 4.78 is 13.2. The van der Waals surface area contributed by atoms with E-state index in [9.17, 15) is 4.39 Å². The minimum Gasteiger partial charge on any atom is -0.341 e. The highest BCUT2D eigenvalue weighted by Crippen LogP contribution is 2.20. The van der Waals surface area contributed by atoms with E-state index in [0.29, 0.717) is 16.9 Å². The highest BCUT2D eigenvalue weighted by molar-refractivity contribution is 5.78. The molecule has 0 unspecified atom stereocenters. The molecule has 2 aromatic rings. The predicted octanol–water partition coefficient (Wildman–Crippen LogP) is 2.03. The number of nitrogens with one attached hydrogen (secondary N) is 1. The zero-order valence-corrected chi connectivity index (χ0v) is 8.13. The van der Waals surface area contributed by atoms with E-state index in [1.165, 1.54) is 6.07 Å². The van der Waals surface area contributed by atoms with Crippen LogP contribution in [0.25, 0.3) is 11.0 Å². The number of aromatic amines is 1. The average molecular weight is 193 g/mol. The Morgan fingerprint density at radius 2 is 2.21 bits per heavy atom. The van der Waals surface area contributed by atoms with E-state index in [4.69, 9.17) is 5.73 Å². The first kappa shape index (κ1) is 9.15. The number of hydrogen-bond acceptors (Lipinski definition) is 2. The maximum Gasteiger partial charge on any atom is 0.128 e. The van der Waals surface area contributed by atoms with Crippen molar-refractivity contribution in [3.05, 3.63) is 29.3 Å². The molecule has 0 bridgehead atoms. The van der Waals surface area contributed by atoms with Crippen LogP contribution in [0.2, 0.25) is 0 Å². The lowest BCUT2D eigenvalue weighted by molar-refractivity contribution is 0.620. The second-order valence-electron chi connectivity index (χ2n) is 3.48. The fourth-order valence-electron chi connectivity index (χ4n) is 1.42. The minimum atomic E-state index is -0.236. The van der Waals surface area contributed by atoms with Crippen LogP contribution in [0.5, 0.6) is 0 Å². The first-order chi connectivity index (χ1) is 6.59. The van der Waals surface area contributed by atoms with Gasteiger partial charge in [-0.2, -0.15) is 0 Å². The molecule has 0 amide bonds. The van der Waals surface area contributed by atoms with Crippen LogP contribution in [-0.4, -0.2) is 9.97 Å². The number of aryl methyl sites for hydroxylation is 1. The third-order valence-corrected chi connectivity index (χ3v) is 2.29. The van der Waals surface area contributed by atoms with E-state index in [-0.39, 0.29) is 11.9 Å². The van der Waals surface area contributed by atoms with Gasteiger partial charge in [0, 0.05) is 5.56 Å². The second-order valence-corrected chi connectivity index (χ2v) is 3.48. The summed E-state index contributed by atoms with van der Waals surface area (Å²) in [6, 6.07) is 2.95. The smallest absolute Gasteiger partial charge is 0.128 e. The van der Waals surface area contributed by atoms with Crippen LogP contribution in [0, 0.1) is 12.7 Å². The van der Waals surface area contributed by atoms with Gasteiger partial charge in [-0.3, -0.25) is 0 Å². The number of rotatable bonds is 1. The molecular formula is C10H12FN3. The summed E-state index contributed by atoms with van der Waals surface area (Å²) in [7, 11) is 0. The van der Waals surface area contributed by atoms with Crippen molar-refractivity contribution in [1.29, 1.82) is 0 Å². The van der Waals surface area contributed by atoms with Gasteiger partial charge in [0.2, 0.25) is 0 Å². The van der Waals surface area contributed by atoms with Crippen LogP contribution >= 0.6 is 0 Å². The molecular weight excluding hydrogens is 181 g/mol. The molecule has 2 rings (SSSR count). The Kier molecular flexibility index (Phi) is 2.00. The van der Waals surface area contributed by atoms with Crippen LogP contribution in [0.1, 0.15) is 24.4 Å². The summed E-state index contributed by atoms with van der Waals surface area (Å²) in [6.07, 6.45) is 0. The Balaban J connectivity index is 2.71. The molecule has 14 heavy (non-hydrogen) atoms. The second kappa shape index (κ2) is 3.06.